The van der Waals surface area contributed by atoms with E-state index >= 15 is 0 Å². The molecule has 0 aliphatic heterocycles. The molecule has 0 aliphatic rings. The minimum absolute atomic E-state index is 0. The Labute approximate surface area is 65.0 Å². The normalized spacial score (nSPS) is 7.50. The molecule has 0 N–H and O–H groups in total. The second-order valence-electron chi connectivity index (χ2n) is 0.906. The van der Waals surface area contributed by atoms with Crippen LogP contribution in [0.25, 0.3) is 0 Å². The van der Waals surface area contributed by atoms with Crippen molar-refractivity contribution in [2.75, 3.05) is 0 Å². The van der Waals surface area contributed by atoms with Crippen LogP contribution in [0.2, 0.25) is 0 Å². The van der Waals surface area contributed by atoms with Crippen molar-refractivity contribution in [1.29, 1.82) is 0 Å². The minimum atomic E-state index is 0. The zero-order chi connectivity index (χ0) is 5.54. The fourth-order valence-corrected chi connectivity index (χ4v) is 0.174. The second kappa shape index (κ2) is 9.90. The standard InChI is InChI=1S/C6H6O.Ag/c1-2-3-4-5-6-7;/h1-6H;/q-2;/b4-3-;. The van der Waals surface area contributed by atoms with E-state index in [0.717, 1.165) is 0 Å². The largest absolute Gasteiger partial charge is 0.320 e. The van der Waals surface area contributed by atoms with E-state index in [-0.39, 0.29) is 22.4 Å². The molecule has 0 saturated heterocycles. The number of hydrogen-bond acceptors (Lipinski definition) is 1. The van der Waals surface area contributed by atoms with Crippen LogP contribution >= 0.6 is 0 Å². The average Bonchev–Trinajstić information content (AvgIpc) is 1.69. The van der Waals surface area contributed by atoms with Crippen molar-refractivity contribution in [3.8, 4) is 0 Å². The Morgan fingerprint density at radius 3 is 2.50 bits per heavy atom. The Morgan fingerprint density at radius 1 is 1.50 bits per heavy atom. The summed E-state index contributed by atoms with van der Waals surface area (Å²) >= 11 is 0. The third kappa shape index (κ3) is 9.23. The summed E-state index contributed by atoms with van der Waals surface area (Å²) in [4.78, 5) is 9.52. The zero-order valence-electron chi connectivity index (χ0n) is 4.17. The fourth-order valence-electron chi connectivity index (χ4n) is 0.174. The first-order valence-corrected chi connectivity index (χ1v) is 1.90. The van der Waals surface area contributed by atoms with Crippen LogP contribution < -0.4 is 0 Å². The molecule has 0 spiro atoms. The van der Waals surface area contributed by atoms with Gasteiger partial charge in [0.25, 0.3) is 0 Å². The molecule has 0 unspecified atom stereocenters. The van der Waals surface area contributed by atoms with Gasteiger partial charge in [0.1, 0.15) is 0 Å². The molecule has 0 atom stereocenters. The van der Waals surface area contributed by atoms with Gasteiger partial charge < -0.3 is 4.79 Å². The van der Waals surface area contributed by atoms with Gasteiger partial charge in [0.05, 0.1) is 6.29 Å². The number of allylic oxidation sites excluding steroid dienone is 3. The maximum atomic E-state index is 9.52. The second-order valence-corrected chi connectivity index (χ2v) is 0.906. The quantitative estimate of drug-likeness (QED) is 0.288. The van der Waals surface area contributed by atoms with Gasteiger partial charge >= 0.3 is 0 Å². The summed E-state index contributed by atoms with van der Waals surface area (Å²) in [6.45, 7) is 4.92. The van der Waals surface area contributed by atoms with E-state index in [9.17, 15) is 4.79 Å². The van der Waals surface area contributed by atoms with Crippen LogP contribution in [-0.4, -0.2) is 6.29 Å². The van der Waals surface area contributed by atoms with E-state index in [2.05, 4.69) is 0 Å². The first-order chi connectivity index (χ1) is 3.41. The van der Waals surface area contributed by atoms with Crippen LogP contribution in [0.5, 0.6) is 0 Å². The molecule has 0 bridgehead atoms. The van der Waals surface area contributed by atoms with Crippen molar-refractivity contribution < 1.29 is 27.2 Å². The van der Waals surface area contributed by atoms with Gasteiger partial charge in [-0.25, -0.2) is 18.2 Å². The molecule has 0 aromatic heterocycles. The van der Waals surface area contributed by atoms with Gasteiger partial charge in [-0.2, -0.15) is 6.42 Å². The summed E-state index contributed by atoms with van der Waals surface area (Å²) in [6.07, 6.45) is 6.56. The molecule has 0 rings (SSSR count). The Kier molecular flexibility index (Phi) is 13.2. The maximum Gasteiger partial charge on any atom is 0.0628 e. The fraction of sp³-hybridized carbons (Fsp3) is 0. The molecule has 0 amide bonds. The number of rotatable bonds is 3. The summed E-state index contributed by atoms with van der Waals surface area (Å²) in [5.41, 5.74) is 0. The van der Waals surface area contributed by atoms with Crippen molar-refractivity contribution in [1.82, 2.24) is 0 Å². The van der Waals surface area contributed by atoms with Crippen molar-refractivity contribution in [2.45, 2.75) is 0 Å². The molecule has 0 heterocycles. The first-order valence-electron chi connectivity index (χ1n) is 1.90. The van der Waals surface area contributed by atoms with Crippen LogP contribution in [0.1, 0.15) is 0 Å². The number of aldehydes is 1. The molecule has 1 radical (unpaired) electrons. The van der Waals surface area contributed by atoms with Gasteiger partial charge in [-0.1, -0.05) is 0 Å². The minimum Gasteiger partial charge on any atom is -0.320 e. The third-order valence-electron chi connectivity index (χ3n) is 0.412. The molecule has 0 aromatic rings. The van der Waals surface area contributed by atoms with Gasteiger partial charge in [0, 0.05) is 22.4 Å². The number of carbonyl (C=O) groups is 1. The van der Waals surface area contributed by atoms with Crippen LogP contribution in [0.3, 0.4) is 0 Å². The zero-order valence-corrected chi connectivity index (χ0v) is 5.66. The molecule has 1 nitrogen and oxygen atoms in total. The van der Waals surface area contributed by atoms with Crippen molar-refractivity contribution in [2.24, 2.45) is 0 Å². The van der Waals surface area contributed by atoms with E-state index in [1.54, 1.807) is 12.2 Å². The maximum absolute atomic E-state index is 9.52. The average molecular weight is 202 g/mol. The smallest absolute Gasteiger partial charge is 0.0628 e. The monoisotopic (exact) mass is 201 g/mol. The summed E-state index contributed by atoms with van der Waals surface area (Å²) in [5, 5.41) is 0. The first kappa shape index (κ1) is 10.7. The number of carbonyl (C=O) groups excluding carboxylic acids is 1. The Bertz CT molecular complexity index is 86.5. The third-order valence-corrected chi connectivity index (χ3v) is 0.412. The van der Waals surface area contributed by atoms with Gasteiger partial charge in [0.2, 0.25) is 0 Å². The predicted octanol–water partition coefficient (Wildman–Crippen LogP) is 0.932. The summed E-state index contributed by atoms with van der Waals surface area (Å²) in [7, 11) is 0. The topological polar surface area (TPSA) is 17.1 Å². The van der Waals surface area contributed by atoms with Crippen LogP contribution in [0.4, 0.5) is 0 Å². The van der Waals surface area contributed by atoms with Gasteiger partial charge in [0.15, 0.2) is 0 Å². The molecule has 0 aliphatic carbocycles. The van der Waals surface area contributed by atoms with Crippen LogP contribution in [0, 0.1) is 13.0 Å². The van der Waals surface area contributed by atoms with Crippen LogP contribution in [-0.2, 0) is 27.2 Å². The van der Waals surface area contributed by atoms with Crippen molar-refractivity contribution in [3.63, 3.8) is 0 Å². The Hall–Kier alpha value is -0.240. The molecule has 0 aromatic carbocycles. The van der Waals surface area contributed by atoms with E-state index in [4.69, 9.17) is 6.58 Å². The SMILES string of the molecule is [Ag].[CH-]=C/C=C\[CH-]C=O. The summed E-state index contributed by atoms with van der Waals surface area (Å²) in [5.74, 6) is 0. The van der Waals surface area contributed by atoms with E-state index in [0.29, 0.717) is 6.29 Å². The van der Waals surface area contributed by atoms with E-state index in [1.165, 1.54) is 12.5 Å². The van der Waals surface area contributed by atoms with Gasteiger partial charge in [-0.05, 0) is 0 Å². The molecular weight excluding hydrogens is 196 g/mol. The Balaban J connectivity index is 0. The van der Waals surface area contributed by atoms with E-state index in [1.807, 2.05) is 0 Å². The molecule has 0 saturated carbocycles. The van der Waals surface area contributed by atoms with Crippen molar-refractivity contribution >= 4 is 6.29 Å². The molecular formula is C6H6AgO-2. The van der Waals surface area contributed by atoms with Crippen LogP contribution in [0.15, 0.2) is 18.2 Å². The Morgan fingerprint density at radius 2 is 2.12 bits per heavy atom. The van der Waals surface area contributed by atoms with E-state index < -0.39 is 0 Å². The molecule has 0 fully saturated rings. The molecule has 2 heteroatoms. The predicted molar refractivity (Wildman–Crippen MR) is 28.4 cm³/mol. The molecule has 8 heavy (non-hydrogen) atoms. The summed E-state index contributed by atoms with van der Waals surface area (Å²) in [6, 6.07) is 0. The van der Waals surface area contributed by atoms with Gasteiger partial charge in [-0.3, -0.25) is 6.58 Å². The molecule has 49 valence electrons. The van der Waals surface area contributed by atoms with Crippen molar-refractivity contribution in [3.05, 3.63) is 31.2 Å². The summed E-state index contributed by atoms with van der Waals surface area (Å²) < 4.78 is 0. The number of hydrogen-bond donors (Lipinski definition) is 0. The van der Waals surface area contributed by atoms with Gasteiger partial charge in [-0.15, -0.1) is 0 Å².